The molecule has 0 bridgehead atoms. The fourth-order valence-corrected chi connectivity index (χ4v) is 4.35. The van der Waals surface area contributed by atoms with Crippen molar-refractivity contribution in [1.82, 2.24) is 0 Å². The van der Waals surface area contributed by atoms with E-state index in [0.29, 0.717) is 16.6 Å². The highest BCUT2D eigenvalue weighted by atomic mass is 79.9. The summed E-state index contributed by atoms with van der Waals surface area (Å²) in [5.41, 5.74) is 0.508. The maximum absolute atomic E-state index is 14.1. The predicted octanol–water partition coefficient (Wildman–Crippen LogP) is 6.05. The lowest BCUT2D eigenvalue weighted by molar-refractivity contribution is -0.115. The molecule has 0 aliphatic carbocycles. The van der Waals surface area contributed by atoms with E-state index in [1.807, 2.05) is 6.92 Å². The van der Waals surface area contributed by atoms with Gasteiger partial charge in [0.15, 0.2) is 0 Å². The first-order valence-corrected chi connectivity index (χ1v) is 11.6. The van der Waals surface area contributed by atoms with Gasteiger partial charge in [-0.25, -0.2) is 9.18 Å². The van der Waals surface area contributed by atoms with Gasteiger partial charge < -0.3 is 15.7 Å². The fraction of sp³-hybridized carbons (Fsp3) is 0.125. The minimum absolute atomic E-state index is 0.0467. The summed E-state index contributed by atoms with van der Waals surface area (Å²) in [5.74, 6) is -2.62. The molecule has 0 saturated carbocycles. The second-order valence-electron chi connectivity index (χ2n) is 6.96. The van der Waals surface area contributed by atoms with Gasteiger partial charge in [-0.2, -0.15) is 0 Å². The predicted molar refractivity (Wildman–Crippen MR) is 130 cm³/mol. The Morgan fingerprint density at radius 1 is 1.00 bits per heavy atom. The molecule has 6 nitrogen and oxygen atoms in total. The highest BCUT2D eigenvalue weighted by Gasteiger charge is 2.20. The maximum Gasteiger partial charge on any atom is 0.336 e. The molecule has 0 spiro atoms. The number of benzene rings is 3. The second-order valence-corrected chi connectivity index (χ2v) is 9.15. The van der Waals surface area contributed by atoms with Gasteiger partial charge in [-0.05, 0) is 55.0 Å². The Morgan fingerprint density at radius 3 is 2.39 bits per heavy atom. The smallest absolute Gasteiger partial charge is 0.336 e. The minimum atomic E-state index is -1.19. The lowest BCUT2D eigenvalue weighted by atomic mass is 10.1. The van der Waals surface area contributed by atoms with Crippen LogP contribution in [0.2, 0.25) is 0 Å². The third-order valence-corrected chi connectivity index (χ3v) is 6.48. The number of carbonyl (C=O) groups excluding carboxylic acids is 2. The van der Waals surface area contributed by atoms with Crippen LogP contribution in [0.25, 0.3) is 0 Å². The number of hydrogen-bond acceptors (Lipinski definition) is 4. The first-order chi connectivity index (χ1) is 15.8. The van der Waals surface area contributed by atoms with Crippen LogP contribution < -0.4 is 10.6 Å². The first-order valence-electron chi connectivity index (χ1n) is 9.94. The monoisotopic (exact) mass is 530 g/mol. The Balaban J connectivity index is 1.71. The Hall–Kier alpha value is -3.17. The zero-order valence-electron chi connectivity index (χ0n) is 17.5. The van der Waals surface area contributed by atoms with E-state index < -0.39 is 22.9 Å². The van der Waals surface area contributed by atoms with Crippen LogP contribution in [-0.2, 0) is 4.79 Å². The summed E-state index contributed by atoms with van der Waals surface area (Å²) in [6.45, 7) is 1.85. The van der Waals surface area contributed by atoms with Crippen molar-refractivity contribution in [2.75, 3.05) is 10.6 Å². The number of hydrogen-bond donors (Lipinski definition) is 3. The van der Waals surface area contributed by atoms with Gasteiger partial charge in [-0.1, -0.05) is 41.1 Å². The lowest BCUT2D eigenvalue weighted by Gasteiger charge is -2.16. The molecule has 1 unspecified atom stereocenters. The fourth-order valence-electron chi connectivity index (χ4n) is 3.00. The summed E-state index contributed by atoms with van der Waals surface area (Å²) in [7, 11) is 0. The van der Waals surface area contributed by atoms with Crippen molar-refractivity contribution < 1.29 is 23.9 Å². The topological polar surface area (TPSA) is 95.5 Å². The molecule has 0 aromatic heterocycles. The average molecular weight is 531 g/mol. The molecule has 0 aliphatic heterocycles. The van der Waals surface area contributed by atoms with Gasteiger partial charge in [-0.3, -0.25) is 9.59 Å². The number of anilines is 2. The first kappa shape index (κ1) is 24.5. The SMILES string of the molecule is CCC(Sc1cccc(NC(=O)c2ccccc2C(=O)O)c1)C(=O)Nc1ccc(Br)cc1F. The van der Waals surface area contributed by atoms with Gasteiger partial charge in [0.05, 0.1) is 22.1 Å². The zero-order chi connectivity index (χ0) is 24.0. The number of thioether (sulfide) groups is 1. The number of nitrogens with one attached hydrogen (secondary N) is 2. The summed E-state index contributed by atoms with van der Waals surface area (Å²) in [4.78, 5) is 37.4. The molecule has 33 heavy (non-hydrogen) atoms. The van der Waals surface area contributed by atoms with Crippen LogP contribution >= 0.6 is 27.7 Å². The van der Waals surface area contributed by atoms with Gasteiger partial charge in [0.1, 0.15) is 5.82 Å². The molecular formula is C24H20BrFN2O4S. The van der Waals surface area contributed by atoms with E-state index >= 15 is 0 Å². The minimum Gasteiger partial charge on any atom is -0.478 e. The van der Waals surface area contributed by atoms with Gasteiger partial charge in [-0.15, -0.1) is 11.8 Å². The van der Waals surface area contributed by atoms with Crippen molar-refractivity contribution in [1.29, 1.82) is 0 Å². The Labute approximate surface area is 202 Å². The molecule has 3 aromatic rings. The number of carboxylic acid groups (broad SMARTS) is 1. The molecule has 0 radical (unpaired) electrons. The zero-order valence-corrected chi connectivity index (χ0v) is 19.9. The number of rotatable bonds is 8. The van der Waals surface area contributed by atoms with E-state index in [4.69, 9.17) is 0 Å². The van der Waals surface area contributed by atoms with E-state index in [1.54, 1.807) is 42.5 Å². The van der Waals surface area contributed by atoms with Crippen LogP contribution in [0, 0.1) is 5.82 Å². The summed E-state index contributed by atoms with van der Waals surface area (Å²) < 4.78 is 14.6. The van der Waals surface area contributed by atoms with Gasteiger partial charge in [0.2, 0.25) is 5.91 Å². The summed E-state index contributed by atoms with van der Waals surface area (Å²) in [5, 5.41) is 14.1. The standard InChI is InChI=1S/C24H20BrFN2O4S/c1-2-21(23(30)28-20-11-10-14(25)12-19(20)26)33-16-7-5-6-15(13-16)27-22(29)17-8-3-4-9-18(17)24(31)32/h3-13,21H,2H2,1H3,(H,27,29)(H,28,30)(H,31,32). The van der Waals surface area contributed by atoms with Crippen LogP contribution in [-0.4, -0.2) is 28.1 Å². The summed E-state index contributed by atoms with van der Waals surface area (Å²) in [6.07, 6.45) is 0.497. The Morgan fingerprint density at radius 2 is 1.73 bits per heavy atom. The Kier molecular flexibility index (Phi) is 8.24. The van der Waals surface area contributed by atoms with Crippen molar-refractivity contribution >= 4 is 56.9 Å². The van der Waals surface area contributed by atoms with Crippen molar-refractivity contribution in [2.45, 2.75) is 23.5 Å². The molecule has 3 aromatic carbocycles. The average Bonchev–Trinajstić information content (AvgIpc) is 2.79. The van der Waals surface area contributed by atoms with Crippen LogP contribution in [0.4, 0.5) is 15.8 Å². The normalized spacial score (nSPS) is 11.5. The summed E-state index contributed by atoms with van der Waals surface area (Å²) in [6, 6.07) is 17.2. The molecular weight excluding hydrogens is 511 g/mol. The quantitative estimate of drug-likeness (QED) is 0.308. The van der Waals surface area contributed by atoms with Crippen molar-refractivity contribution in [3.05, 3.63) is 88.1 Å². The molecule has 0 aliphatic rings. The van der Waals surface area contributed by atoms with Crippen molar-refractivity contribution in [2.24, 2.45) is 0 Å². The van der Waals surface area contributed by atoms with Gasteiger partial charge in [0.25, 0.3) is 5.91 Å². The van der Waals surface area contributed by atoms with Crippen LogP contribution in [0.15, 0.2) is 76.1 Å². The third-order valence-electron chi connectivity index (χ3n) is 4.62. The molecule has 3 N–H and O–H groups in total. The van der Waals surface area contributed by atoms with Crippen molar-refractivity contribution in [3.8, 4) is 0 Å². The second kappa shape index (κ2) is 11.1. The van der Waals surface area contributed by atoms with Gasteiger partial charge >= 0.3 is 5.97 Å². The summed E-state index contributed by atoms with van der Waals surface area (Å²) >= 11 is 4.46. The Bertz CT molecular complexity index is 1200. The molecule has 1 atom stereocenters. The van der Waals surface area contributed by atoms with Crippen LogP contribution in [0.1, 0.15) is 34.1 Å². The van der Waals surface area contributed by atoms with E-state index in [2.05, 4.69) is 26.6 Å². The van der Waals surface area contributed by atoms with Crippen LogP contribution in [0.5, 0.6) is 0 Å². The van der Waals surface area contributed by atoms with Crippen LogP contribution in [0.3, 0.4) is 0 Å². The highest BCUT2D eigenvalue weighted by Crippen LogP contribution is 2.29. The molecule has 9 heteroatoms. The van der Waals surface area contributed by atoms with E-state index in [0.717, 1.165) is 4.90 Å². The molecule has 2 amide bonds. The van der Waals surface area contributed by atoms with E-state index in [1.165, 1.54) is 36.0 Å². The third kappa shape index (κ3) is 6.43. The number of aromatic carboxylic acids is 1. The van der Waals surface area contributed by atoms with Gasteiger partial charge in [0, 0.05) is 15.1 Å². The maximum atomic E-state index is 14.1. The van der Waals surface area contributed by atoms with E-state index in [9.17, 15) is 23.9 Å². The number of carbonyl (C=O) groups is 3. The largest absolute Gasteiger partial charge is 0.478 e. The molecule has 3 rings (SSSR count). The number of carboxylic acids is 1. The lowest BCUT2D eigenvalue weighted by Crippen LogP contribution is -2.25. The number of halogens is 2. The number of amides is 2. The highest BCUT2D eigenvalue weighted by molar-refractivity contribution is 9.10. The molecule has 170 valence electrons. The van der Waals surface area contributed by atoms with Crippen molar-refractivity contribution in [3.63, 3.8) is 0 Å². The van der Waals surface area contributed by atoms with E-state index in [-0.39, 0.29) is 22.7 Å². The molecule has 0 saturated heterocycles. The molecule has 0 heterocycles. The molecule has 0 fully saturated rings.